The Hall–Kier alpha value is -1.84. The Bertz CT molecular complexity index is 657. The van der Waals surface area contributed by atoms with Crippen molar-refractivity contribution in [3.05, 3.63) is 35.8 Å². The average molecular weight is 318 g/mol. The summed E-state index contributed by atoms with van der Waals surface area (Å²) in [5.41, 5.74) is 1.18. The first kappa shape index (κ1) is 17.5. The third kappa shape index (κ3) is 3.92. The Morgan fingerprint density at radius 1 is 1.26 bits per heavy atom. The minimum Gasteiger partial charge on any atom is -0.352 e. The molecule has 1 heterocycles. The molecule has 1 amide bonds. The van der Waals surface area contributed by atoms with Gasteiger partial charge in [0.15, 0.2) is 0 Å². The highest BCUT2D eigenvalue weighted by molar-refractivity contribution is 6.07. The summed E-state index contributed by atoms with van der Waals surface area (Å²) in [6.45, 7) is 4.70. The van der Waals surface area contributed by atoms with Gasteiger partial charge < -0.3 is 9.88 Å². The lowest BCUT2D eigenvalue weighted by Crippen LogP contribution is -2.30. The number of nitrogens with one attached hydrogen (secondary N) is 1. The molecule has 23 heavy (non-hydrogen) atoms. The number of hydrogen-bond acceptors (Lipinski definition) is 1. The molecule has 1 saturated carbocycles. The maximum absolute atomic E-state index is 14.0. The number of rotatable bonds is 3. The van der Waals surface area contributed by atoms with Crippen LogP contribution < -0.4 is 5.32 Å². The van der Waals surface area contributed by atoms with E-state index in [1.165, 1.54) is 38.2 Å². The van der Waals surface area contributed by atoms with E-state index in [-0.39, 0.29) is 11.7 Å². The Balaban J connectivity index is 0.000000924. The Kier molecular flexibility index (Phi) is 6.20. The van der Waals surface area contributed by atoms with Gasteiger partial charge in [-0.25, -0.2) is 4.39 Å². The molecular weight excluding hydrogens is 291 g/mol. The van der Waals surface area contributed by atoms with Gasteiger partial charge >= 0.3 is 0 Å². The van der Waals surface area contributed by atoms with Crippen LogP contribution >= 0.6 is 0 Å². The summed E-state index contributed by atoms with van der Waals surface area (Å²) in [7, 11) is 1.83. The zero-order chi connectivity index (χ0) is 16.8. The summed E-state index contributed by atoms with van der Waals surface area (Å²) in [5.74, 6) is 0.0645. The molecule has 2 aromatic rings. The van der Waals surface area contributed by atoms with E-state index in [1.54, 1.807) is 16.8 Å². The van der Waals surface area contributed by atoms with Crippen molar-refractivity contribution in [1.82, 2.24) is 9.88 Å². The molecule has 0 radical (unpaired) electrons. The van der Waals surface area contributed by atoms with Crippen molar-refractivity contribution in [3.8, 4) is 0 Å². The number of carbonyl (C=O) groups is 1. The van der Waals surface area contributed by atoms with E-state index in [2.05, 4.69) is 5.32 Å². The van der Waals surface area contributed by atoms with Gasteiger partial charge in [0.2, 0.25) is 0 Å². The molecule has 4 heteroatoms. The molecular formula is C19H27FN2O. The standard InChI is InChI=1S/C17H21FN2O.C2H6/c1-20-11-13(16-14(18)8-5-9-15(16)20)17(21)19-10-12-6-3-2-4-7-12;1-2/h5,8-9,11-12H,2-4,6-7,10H2,1H3,(H,19,21);1-2H3. The van der Waals surface area contributed by atoms with Crippen LogP contribution in [0, 0.1) is 11.7 Å². The molecule has 0 spiro atoms. The van der Waals surface area contributed by atoms with Crippen LogP contribution in [0.25, 0.3) is 10.9 Å². The number of halogens is 1. The Labute approximate surface area is 137 Å². The van der Waals surface area contributed by atoms with Crippen LogP contribution in [0.4, 0.5) is 4.39 Å². The van der Waals surface area contributed by atoms with Gasteiger partial charge in [-0.05, 0) is 30.9 Å². The predicted octanol–water partition coefficient (Wildman–Crippen LogP) is 4.65. The summed E-state index contributed by atoms with van der Waals surface area (Å²) in [4.78, 5) is 12.4. The van der Waals surface area contributed by atoms with E-state index in [9.17, 15) is 9.18 Å². The zero-order valence-corrected chi connectivity index (χ0v) is 14.4. The molecule has 0 aliphatic heterocycles. The lowest BCUT2D eigenvalue weighted by atomic mass is 9.89. The maximum Gasteiger partial charge on any atom is 0.253 e. The molecule has 3 rings (SSSR count). The number of fused-ring (bicyclic) bond motifs is 1. The average Bonchev–Trinajstić information content (AvgIpc) is 2.94. The van der Waals surface area contributed by atoms with Gasteiger partial charge in [0.1, 0.15) is 5.82 Å². The van der Waals surface area contributed by atoms with E-state index >= 15 is 0 Å². The first-order valence-electron chi connectivity index (χ1n) is 8.68. The molecule has 3 nitrogen and oxygen atoms in total. The summed E-state index contributed by atoms with van der Waals surface area (Å²) < 4.78 is 15.8. The molecule has 1 aromatic heterocycles. The van der Waals surface area contributed by atoms with Gasteiger partial charge in [-0.2, -0.15) is 0 Å². The van der Waals surface area contributed by atoms with Crippen molar-refractivity contribution in [3.63, 3.8) is 0 Å². The Morgan fingerprint density at radius 2 is 1.96 bits per heavy atom. The highest BCUT2D eigenvalue weighted by Crippen LogP contribution is 2.25. The van der Waals surface area contributed by atoms with Crippen LogP contribution in [0.3, 0.4) is 0 Å². The van der Waals surface area contributed by atoms with Crippen molar-refractivity contribution < 1.29 is 9.18 Å². The maximum atomic E-state index is 14.0. The van der Waals surface area contributed by atoms with Crippen molar-refractivity contribution in [2.45, 2.75) is 46.0 Å². The SMILES string of the molecule is CC.Cn1cc(C(=O)NCC2CCCCC2)c2c(F)cccc21. The molecule has 0 unspecified atom stereocenters. The van der Waals surface area contributed by atoms with Crippen LogP contribution in [0.2, 0.25) is 0 Å². The fourth-order valence-electron chi connectivity index (χ4n) is 3.30. The van der Waals surface area contributed by atoms with Gasteiger partial charge in [0.25, 0.3) is 5.91 Å². The molecule has 1 fully saturated rings. The minimum absolute atomic E-state index is 0.170. The molecule has 126 valence electrons. The monoisotopic (exact) mass is 318 g/mol. The van der Waals surface area contributed by atoms with E-state index in [0.717, 1.165) is 5.52 Å². The first-order chi connectivity index (χ1) is 11.2. The molecule has 1 aliphatic rings. The third-order valence-electron chi connectivity index (χ3n) is 4.48. The van der Waals surface area contributed by atoms with Crippen molar-refractivity contribution in [2.24, 2.45) is 13.0 Å². The van der Waals surface area contributed by atoms with Gasteiger partial charge in [-0.1, -0.05) is 39.2 Å². The van der Waals surface area contributed by atoms with Crippen LogP contribution in [0.5, 0.6) is 0 Å². The van der Waals surface area contributed by atoms with Gasteiger partial charge in [-0.15, -0.1) is 0 Å². The number of hydrogen-bond donors (Lipinski definition) is 1. The van der Waals surface area contributed by atoms with Crippen molar-refractivity contribution in [2.75, 3.05) is 6.54 Å². The second kappa shape index (κ2) is 8.14. The second-order valence-electron chi connectivity index (χ2n) is 6.00. The molecule has 1 aliphatic carbocycles. The number of aromatic nitrogens is 1. The number of benzene rings is 1. The van der Waals surface area contributed by atoms with Crippen molar-refractivity contribution in [1.29, 1.82) is 0 Å². The smallest absolute Gasteiger partial charge is 0.253 e. The van der Waals surface area contributed by atoms with Gasteiger partial charge in [0.05, 0.1) is 11.1 Å². The summed E-state index contributed by atoms with van der Waals surface area (Å²) >= 11 is 0. The van der Waals surface area contributed by atoms with E-state index in [0.29, 0.717) is 23.4 Å². The highest BCUT2D eigenvalue weighted by atomic mass is 19.1. The lowest BCUT2D eigenvalue weighted by Gasteiger charge is -2.21. The number of amides is 1. The number of carbonyl (C=O) groups excluding carboxylic acids is 1. The zero-order valence-electron chi connectivity index (χ0n) is 14.4. The van der Waals surface area contributed by atoms with Crippen LogP contribution in [-0.4, -0.2) is 17.0 Å². The quantitative estimate of drug-likeness (QED) is 0.878. The van der Waals surface area contributed by atoms with E-state index in [4.69, 9.17) is 0 Å². The molecule has 1 N–H and O–H groups in total. The number of aryl methyl sites for hydroxylation is 1. The summed E-state index contributed by atoms with van der Waals surface area (Å²) in [6.07, 6.45) is 7.89. The lowest BCUT2D eigenvalue weighted by molar-refractivity contribution is 0.0945. The van der Waals surface area contributed by atoms with Crippen LogP contribution in [-0.2, 0) is 7.05 Å². The first-order valence-corrected chi connectivity index (χ1v) is 8.68. The molecule has 0 saturated heterocycles. The highest BCUT2D eigenvalue weighted by Gasteiger charge is 2.19. The van der Waals surface area contributed by atoms with Gasteiger partial charge in [-0.3, -0.25) is 4.79 Å². The summed E-state index contributed by atoms with van der Waals surface area (Å²) in [5, 5.41) is 3.40. The normalized spacial score (nSPS) is 15.1. The fraction of sp³-hybridized carbons (Fsp3) is 0.526. The summed E-state index contributed by atoms with van der Waals surface area (Å²) in [6, 6.07) is 4.90. The fourth-order valence-corrected chi connectivity index (χ4v) is 3.30. The van der Waals surface area contributed by atoms with Gasteiger partial charge in [0, 0.05) is 25.2 Å². The van der Waals surface area contributed by atoms with Crippen molar-refractivity contribution >= 4 is 16.8 Å². The molecule has 0 bridgehead atoms. The minimum atomic E-state index is -0.337. The third-order valence-corrected chi connectivity index (χ3v) is 4.48. The topological polar surface area (TPSA) is 34.0 Å². The Morgan fingerprint density at radius 3 is 2.65 bits per heavy atom. The van der Waals surface area contributed by atoms with Crippen LogP contribution in [0.15, 0.2) is 24.4 Å². The van der Waals surface area contributed by atoms with E-state index < -0.39 is 0 Å². The molecule has 0 atom stereocenters. The predicted molar refractivity (Wildman–Crippen MR) is 93.1 cm³/mol. The van der Waals surface area contributed by atoms with Crippen LogP contribution in [0.1, 0.15) is 56.3 Å². The molecule has 1 aromatic carbocycles. The largest absolute Gasteiger partial charge is 0.352 e. The second-order valence-corrected chi connectivity index (χ2v) is 6.00. The number of nitrogens with zero attached hydrogens (tertiary/aromatic N) is 1. The van der Waals surface area contributed by atoms with E-state index in [1.807, 2.05) is 27.0 Å².